The second-order valence-corrected chi connectivity index (χ2v) is 3.01. The first-order valence-electron chi connectivity index (χ1n) is 3.80. The number of hydrogen-bond donors (Lipinski definition) is 2. The van der Waals surface area contributed by atoms with E-state index in [9.17, 15) is 5.11 Å². The molecule has 11 heavy (non-hydrogen) atoms. The standard InChI is InChI=1S/C9H11NO/c10-8-5-6-3-1-2-4-7(6)9(8)11/h1-4,8-9,11H,5,10H2/t8-,9+/m1/s1. The molecule has 0 fully saturated rings. The summed E-state index contributed by atoms with van der Waals surface area (Å²) in [5.41, 5.74) is 7.87. The zero-order valence-electron chi connectivity index (χ0n) is 6.20. The van der Waals surface area contributed by atoms with Gasteiger partial charge in [-0.25, -0.2) is 0 Å². The Morgan fingerprint density at radius 1 is 1.36 bits per heavy atom. The number of hydrogen-bond acceptors (Lipinski definition) is 2. The molecule has 0 spiro atoms. The van der Waals surface area contributed by atoms with Crippen LogP contribution < -0.4 is 5.73 Å². The molecule has 2 nitrogen and oxygen atoms in total. The van der Waals surface area contributed by atoms with E-state index < -0.39 is 6.10 Å². The summed E-state index contributed by atoms with van der Waals surface area (Å²) in [5, 5.41) is 9.52. The van der Waals surface area contributed by atoms with E-state index in [4.69, 9.17) is 5.73 Å². The number of nitrogens with two attached hydrogens (primary N) is 1. The third-order valence-corrected chi connectivity index (χ3v) is 2.23. The smallest absolute Gasteiger partial charge is 0.0946 e. The Labute approximate surface area is 65.7 Å². The maximum atomic E-state index is 9.52. The van der Waals surface area contributed by atoms with Gasteiger partial charge in [0.05, 0.1) is 6.10 Å². The maximum Gasteiger partial charge on any atom is 0.0946 e. The van der Waals surface area contributed by atoms with Crippen molar-refractivity contribution >= 4 is 0 Å². The summed E-state index contributed by atoms with van der Waals surface area (Å²) in [6, 6.07) is 7.76. The predicted octanol–water partition coefficient (Wildman–Crippen LogP) is 0.603. The van der Waals surface area contributed by atoms with Crippen LogP contribution in [0.1, 0.15) is 17.2 Å². The van der Waals surface area contributed by atoms with E-state index in [1.165, 1.54) is 5.56 Å². The van der Waals surface area contributed by atoms with E-state index in [-0.39, 0.29) is 6.04 Å². The molecule has 0 radical (unpaired) electrons. The number of benzene rings is 1. The van der Waals surface area contributed by atoms with Gasteiger partial charge in [0.15, 0.2) is 0 Å². The van der Waals surface area contributed by atoms with Crippen molar-refractivity contribution in [3.8, 4) is 0 Å². The van der Waals surface area contributed by atoms with Crippen molar-refractivity contribution in [1.82, 2.24) is 0 Å². The van der Waals surface area contributed by atoms with Crippen LogP contribution in [0.5, 0.6) is 0 Å². The van der Waals surface area contributed by atoms with Gasteiger partial charge in [-0.05, 0) is 17.5 Å². The molecule has 0 saturated heterocycles. The molecule has 2 atom stereocenters. The molecule has 58 valence electrons. The molecule has 2 rings (SSSR count). The van der Waals surface area contributed by atoms with Crippen molar-refractivity contribution in [1.29, 1.82) is 0 Å². The van der Waals surface area contributed by atoms with E-state index in [2.05, 4.69) is 0 Å². The Kier molecular flexibility index (Phi) is 1.44. The highest BCUT2D eigenvalue weighted by Crippen LogP contribution is 2.29. The molecular formula is C9H11NO. The normalized spacial score (nSPS) is 28.5. The molecule has 1 aromatic carbocycles. The fourth-order valence-electron chi connectivity index (χ4n) is 1.60. The van der Waals surface area contributed by atoms with Crippen molar-refractivity contribution in [3.63, 3.8) is 0 Å². The highest BCUT2D eigenvalue weighted by molar-refractivity contribution is 5.35. The van der Waals surface area contributed by atoms with Crippen molar-refractivity contribution in [2.45, 2.75) is 18.6 Å². The van der Waals surface area contributed by atoms with Crippen molar-refractivity contribution in [2.24, 2.45) is 5.73 Å². The van der Waals surface area contributed by atoms with Crippen LogP contribution in [-0.2, 0) is 6.42 Å². The molecule has 0 bridgehead atoms. The first kappa shape index (κ1) is 6.83. The summed E-state index contributed by atoms with van der Waals surface area (Å²) in [6.45, 7) is 0. The summed E-state index contributed by atoms with van der Waals surface area (Å²) in [4.78, 5) is 0. The Morgan fingerprint density at radius 2 is 2.09 bits per heavy atom. The van der Waals surface area contributed by atoms with Gasteiger partial charge in [-0.3, -0.25) is 0 Å². The van der Waals surface area contributed by atoms with Crippen molar-refractivity contribution < 1.29 is 5.11 Å². The van der Waals surface area contributed by atoms with Crippen LogP contribution in [0, 0.1) is 0 Å². The second-order valence-electron chi connectivity index (χ2n) is 3.01. The summed E-state index contributed by atoms with van der Waals surface area (Å²) >= 11 is 0. The zero-order chi connectivity index (χ0) is 7.84. The van der Waals surface area contributed by atoms with Gasteiger partial charge in [-0.15, -0.1) is 0 Å². The van der Waals surface area contributed by atoms with Crippen LogP contribution in [0.15, 0.2) is 24.3 Å². The average Bonchev–Trinajstić information content (AvgIpc) is 2.30. The maximum absolute atomic E-state index is 9.52. The highest BCUT2D eigenvalue weighted by Gasteiger charge is 2.26. The molecule has 1 aliphatic rings. The van der Waals surface area contributed by atoms with Crippen LogP contribution in [0.2, 0.25) is 0 Å². The van der Waals surface area contributed by atoms with Gasteiger partial charge < -0.3 is 10.8 Å². The largest absolute Gasteiger partial charge is 0.387 e. The molecule has 0 heterocycles. The summed E-state index contributed by atoms with van der Waals surface area (Å²) in [7, 11) is 0. The predicted molar refractivity (Wildman–Crippen MR) is 43.1 cm³/mol. The highest BCUT2D eigenvalue weighted by atomic mass is 16.3. The molecule has 0 saturated carbocycles. The van der Waals surface area contributed by atoms with Crippen LogP contribution in [0.3, 0.4) is 0 Å². The Bertz CT molecular complexity index is 272. The molecular weight excluding hydrogens is 138 g/mol. The summed E-state index contributed by atoms with van der Waals surface area (Å²) < 4.78 is 0. The van der Waals surface area contributed by atoms with Crippen LogP contribution in [0.25, 0.3) is 0 Å². The van der Waals surface area contributed by atoms with Gasteiger partial charge >= 0.3 is 0 Å². The van der Waals surface area contributed by atoms with E-state index in [0.717, 1.165) is 12.0 Å². The number of rotatable bonds is 0. The first-order chi connectivity index (χ1) is 5.29. The average molecular weight is 149 g/mol. The molecule has 0 amide bonds. The van der Waals surface area contributed by atoms with Gasteiger partial charge in [0, 0.05) is 6.04 Å². The number of aliphatic hydroxyl groups is 1. The molecule has 0 aliphatic heterocycles. The molecule has 0 unspecified atom stereocenters. The Morgan fingerprint density at radius 3 is 2.82 bits per heavy atom. The second kappa shape index (κ2) is 2.32. The fourth-order valence-corrected chi connectivity index (χ4v) is 1.60. The number of fused-ring (bicyclic) bond motifs is 1. The lowest BCUT2D eigenvalue weighted by atomic mass is 10.1. The van der Waals surface area contributed by atoms with E-state index >= 15 is 0 Å². The first-order valence-corrected chi connectivity index (χ1v) is 3.80. The summed E-state index contributed by atoms with van der Waals surface area (Å²) in [5.74, 6) is 0. The van der Waals surface area contributed by atoms with Crippen LogP contribution in [0.4, 0.5) is 0 Å². The molecule has 0 aromatic heterocycles. The minimum absolute atomic E-state index is 0.104. The topological polar surface area (TPSA) is 46.2 Å². The molecule has 3 N–H and O–H groups in total. The lowest BCUT2D eigenvalue weighted by molar-refractivity contribution is 0.159. The van der Waals surface area contributed by atoms with Gasteiger partial charge in [-0.1, -0.05) is 24.3 Å². The van der Waals surface area contributed by atoms with E-state index in [0.29, 0.717) is 0 Å². The van der Waals surface area contributed by atoms with E-state index in [1.807, 2.05) is 24.3 Å². The Balaban J connectivity index is 2.47. The lowest BCUT2D eigenvalue weighted by Crippen LogP contribution is -2.24. The van der Waals surface area contributed by atoms with Crippen LogP contribution >= 0.6 is 0 Å². The fraction of sp³-hybridized carbons (Fsp3) is 0.333. The molecule has 1 aliphatic carbocycles. The number of aliphatic hydroxyl groups excluding tert-OH is 1. The van der Waals surface area contributed by atoms with Gasteiger partial charge in [-0.2, -0.15) is 0 Å². The summed E-state index contributed by atoms with van der Waals surface area (Å²) in [6.07, 6.45) is 0.350. The van der Waals surface area contributed by atoms with Gasteiger partial charge in [0.2, 0.25) is 0 Å². The lowest BCUT2D eigenvalue weighted by Gasteiger charge is -2.07. The monoisotopic (exact) mass is 149 g/mol. The molecule has 1 aromatic rings. The minimum Gasteiger partial charge on any atom is -0.387 e. The van der Waals surface area contributed by atoms with Crippen molar-refractivity contribution in [2.75, 3.05) is 0 Å². The van der Waals surface area contributed by atoms with Gasteiger partial charge in [0.25, 0.3) is 0 Å². The van der Waals surface area contributed by atoms with Gasteiger partial charge in [0.1, 0.15) is 0 Å². The molecule has 2 heteroatoms. The minimum atomic E-state index is -0.453. The third kappa shape index (κ3) is 0.951. The Hall–Kier alpha value is -0.860. The zero-order valence-corrected chi connectivity index (χ0v) is 6.20. The SMILES string of the molecule is N[C@@H]1Cc2ccccc2[C@@H]1O. The third-order valence-electron chi connectivity index (χ3n) is 2.23. The quantitative estimate of drug-likeness (QED) is 0.567. The van der Waals surface area contributed by atoms with Crippen LogP contribution in [-0.4, -0.2) is 11.1 Å². The van der Waals surface area contributed by atoms with Crippen molar-refractivity contribution in [3.05, 3.63) is 35.4 Å². The van der Waals surface area contributed by atoms with E-state index in [1.54, 1.807) is 0 Å².